The van der Waals surface area contributed by atoms with Gasteiger partial charge in [0.05, 0.1) is 10.9 Å². The fourth-order valence-electron chi connectivity index (χ4n) is 2.62. The van der Waals surface area contributed by atoms with Gasteiger partial charge in [-0.05, 0) is 50.8 Å². The first kappa shape index (κ1) is 17.9. The molecule has 23 heavy (non-hydrogen) atoms. The molecule has 7 heteroatoms. The Morgan fingerprint density at radius 2 is 1.91 bits per heavy atom. The van der Waals surface area contributed by atoms with Gasteiger partial charge in [0.2, 0.25) is 0 Å². The number of amides is 1. The van der Waals surface area contributed by atoms with Gasteiger partial charge in [-0.2, -0.15) is 0 Å². The molecule has 0 saturated heterocycles. The van der Waals surface area contributed by atoms with Gasteiger partial charge >= 0.3 is 5.97 Å². The summed E-state index contributed by atoms with van der Waals surface area (Å²) in [7, 11) is 0. The molecule has 2 rings (SSSR count). The van der Waals surface area contributed by atoms with E-state index in [1.54, 1.807) is 25.1 Å². The number of halogens is 2. The molecule has 0 spiro atoms. The zero-order chi connectivity index (χ0) is 17.0. The van der Waals surface area contributed by atoms with Crippen molar-refractivity contribution in [2.24, 2.45) is 5.92 Å². The zero-order valence-corrected chi connectivity index (χ0v) is 14.2. The molecule has 1 atom stereocenters. The number of carbonyl (C=O) groups excluding carboxylic acids is 1. The second-order valence-electron chi connectivity index (χ2n) is 5.73. The molecule has 5 nitrogen and oxygen atoms in total. The third kappa shape index (κ3) is 5.01. The third-order valence-electron chi connectivity index (χ3n) is 3.99. The largest absolute Gasteiger partial charge is 0.481 e. The number of nitrogens with one attached hydrogen (secondary N) is 1. The van der Waals surface area contributed by atoms with Gasteiger partial charge in [-0.1, -0.05) is 23.2 Å². The topological polar surface area (TPSA) is 75.6 Å². The first-order valence-electron chi connectivity index (χ1n) is 7.51. The summed E-state index contributed by atoms with van der Waals surface area (Å²) < 4.78 is 5.57. The number of hydrogen-bond donors (Lipinski definition) is 2. The number of carboxylic acids is 1. The third-order valence-corrected chi connectivity index (χ3v) is 4.52. The van der Waals surface area contributed by atoms with Crippen LogP contribution in [0.2, 0.25) is 10.0 Å². The minimum Gasteiger partial charge on any atom is -0.481 e. The van der Waals surface area contributed by atoms with Crippen molar-refractivity contribution < 1.29 is 19.4 Å². The zero-order valence-electron chi connectivity index (χ0n) is 12.7. The van der Waals surface area contributed by atoms with E-state index in [1.807, 2.05) is 0 Å². The Hall–Kier alpha value is -1.46. The van der Waals surface area contributed by atoms with Crippen LogP contribution in [0.4, 0.5) is 0 Å². The highest BCUT2D eigenvalue weighted by atomic mass is 35.5. The Balaban J connectivity index is 1.85. The van der Waals surface area contributed by atoms with Crippen LogP contribution in [0.5, 0.6) is 5.75 Å². The second kappa shape index (κ2) is 7.88. The van der Waals surface area contributed by atoms with E-state index >= 15 is 0 Å². The highest BCUT2D eigenvalue weighted by molar-refractivity contribution is 6.35. The molecule has 0 aliphatic heterocycles. The predicted octanol–water partition coefficient (Wildman–Crippen LogP) is 3.52. The molecule has 1 aromatic rings. The molecule has 1 unspecified atom stereocenters. The fraction of sp³-hybridized carbons (Fsp3) is 0.500. The van der Waals surface area contributed by atoms with E-state index < -0.39 is 12.1 Å². The summed E-state index contributed by atoms with van der Waals surface area (Å²) in [5.74, 6) is -0.906. The van der Waals surface area contributed by atoms with Gasteiger partial charge in [-0.3, -0.25) is 9.59 Å². The maximum Gasteiger partial charge on any atom is 0.306 e. The van der Waals surface area contributed by atoms with Crippen LogP contribution in [0, 0.1) is 5.92 Å². The molecular formula is C16H19Cl2NO4. The average molecular weight is 360 g/mol. The van der Waals surface area contributed by atoms with Crippen molar-refractivity contribution in [3.8, 4) is 5.75 Å². The lowest BCUT2D eigenvalue weighted by atomic mass is 9.86. The smallest absolute Gasteiger partial charge is 0.306 e. The van der Waals surface area contributed by atoms with Crippen LogP contribution in [0.25, 0.3) is 0 Å². The van der Waals surface area contributed by atoms with Gasteiger partial charge in [0.25, 0.3) is 5.91 Å². The van der Waals surface area contributed by atoms with E-state index in [1.165, 1.54) is 0 Å². The Morgan fingerprint density at radius 3 is 2.48 bits per heavy atom. The lowest BCUT2D eigenvalue weighted by molar-refractivity contribution is -0.142. The Labute approximate surface area is 144 Å². The highest BCUT2D eigenvalue weighted by Gasteiger charge is 2.28. The SMILES string of the molecule is CC(Oc1ccc(Cl)cc1Cl)C(=O)NC1CCC(C(=O)O)CC1. The molecular weight excluding hydrogens is 341 g/mol. The van der Waals surface area contributed by atoms with Gasteiger partial charge in [-0.25, -0.2) is 0 Å². The molecule has 0 aromatic heterocycles. The van der Waals surface area contributed by atoms with Gasteiger partial charge in [0.1, 0.15) is 5.75 Å². The van der Waals surface area contributed by atoms with Crippen molar-refractivity contribution in [2.75, 3.05) is 0 Å². The summed E-state index contributed by atoms with van der Waals surface area (Å²) in [6.07, 6.45) is 1.79. The van der Waals surface area contributed by atoms with Crippen molar-refractivity contribution in [1.82, 2.24) is 5.32 Å². The van der Waals surface area contributed by atoms with Crippen LogP contribution in [0.3, 0.4) is 0 Å². The molecule has 1 amide bonds. The molecule has 2 N–H and O–H groups in total. The van der Waals surface area contributed by atoms with Crippen LogP contribution >= 0.6 is 23.2 Å². The van der Waals surface area contributed by atoms with E-state index in [0.717, 1.165) is 0 Å². The first-order valence-corrected chi connectivity index (χ1v) is 8.27. The summed E-state index contributed by atoms with van der Waals surface area (Å²) >= 11 is 11.8. The van der Waals surface area contributed by atoms with Crippen LogP contribution in [0.15, 0.2) is 18.2 Å². The number of carbonyl (C=O) groups is 2. The number of rotatable bonds is 5. The minimum atomic E-state index is -0.760. The van der Waals surface area contributed by atoms with Crippen molar-refractivity contribution >= 4 is 35.1 Å². The van der Waals surface area contributed by atoms with Gasteiger partial charge in [0, 0.05) is 11.1 Å². The van der Waals surface area contributed by atoms with Crippen molar-refractivity contribution in [1.29, 1.82) is 0 Å². The van der Waals surface area contributed by atoms with Gasteiger partial charge in [-0.15, -0.1) is 0 Å². The van der Waals surface area contributed by atoms with Gasteiger partial charge in [0.15, 0.2) is 6.10 Å². The minimum absolute atomic E-state index is 0.00941. The molecule has 0 radical (unpaired) electrons. The molecule has 1 aromatic carbocycles. The molecule has 1 aliphatic carbocycles. The summed E-state index contributed by atoms with van der Waals surface area (Å²) in [4.78, 5) is 23.1. The summed E-state index contributed by atoms with van der Waals surface area (Å²) in [5, 5.41) is 12.7. The van der Waals surface area contributed by atoms with E-state index in [9.17, 15) is 9.59 Å². The average Bonchev–Trinajstić information content (AvgIpc) is 2.50. The summed E-state index contributed by atoms with van der Waals surface area (Å²) in [5.41, 5.74) is 0. The van der Waals surface area contributed by atoms with Crippen LogP contribution in [-0.4, -0.2) is 29.1 Å². The maximum atomic E-state index is 12.2. The normalized spacial score (nSPS) is 22.2. The number of hydrogen-bond acceptors (Lipinski definition) is 3. The monoisotopic (exact) mass is 359 g/mol. The molecule has 1 saturated carbocycles. The molecule has 1 aliphatic rings. The molecule has 1 fully saturated rings. The van der Waals surface area contributed by atoms with Crippen molar-refractivity contribution in [2.45, 2.75) is 44.8 Å². The van der Waals surface area contributed by atoms with Crippen LogP contribution < -0.4 is 10.1 Å². The van der Waals surface area contributed by atoms with E-state index in [4.69, 9.17) is 33.0 Å². The van der Waals surface area contributed by atoms with E-state index in [2.05, 4.69) is 5.32 Å². The van der Waals surface area contributed by atoms with E-state index in [0.29, 0.717) is 41.5 Å². The Kier molecular flexibility index (Phi) is 6.13. The summed E-state index contributed by atoms with van der Waals surface area (Å²) in [6.45, 7) is 1.64. The van der Waals surface area contributed by atoms with Crippen molar-refractivity contribution in [3.05, 3.63) is 28.2 Å². The Bertz CT molecular complexity index is 585. The summed E-state index contributed by atoms with van der Waals surface area (Å²) in [6, 6.07) is 4.80. The van der Waals surface area contributed by atoms with Crippen LogP contribution in [0.1, 0.15) is 32.6 Å². The van der Waals surface area contributed by atoms with E-state index in [-0.39, 0.29) is 17.9 Å². The number of carboxylic acid groups (broad SMARTS) is 1. The number of ether oxygens (including phenoxy) is 1. The van der Waals surface area contributed by atoms with Gasteiger partial charge < -0.3 is 15.2 Å². The molecule has 0 bridgehead atoms. The lowest BCUT2D eigenvalue weighted by Gasteiger charge is -2.28. The highest BCUT2D eigenvalue weighted by Crippen LogP contribution is 2.28. The number of benzene rings is 1. The van der Waals surface area contributed by atoms with Crippen LogP contribution in [-0.2, 0) is 9.59 Å². The second-order valence-corrected chi connectivity index (χ2v) is 6.57. The number of aliphatic carboxylic acids is 1. The quantitative estimate of drug-likeness (QED) is 0.843. The first-order chi connectivity index (χ1) is 10.9. The predicted molar refractivity (Wildman–Crippen MR) is 88.1 cm³/mol. The lowest BCUT2D eigenvalue weighted by Crippen LogP contribution is -2.44. The maximum absolute atomic E-state index is 12.2. The Morgan fingerprint density at radius 1 is 1.26 bits per heavy atom. The van der Waals surface area contributed by atoms with Crippen molar-refractivity contribution in [3.63, 3.8) is 0 Å². The molecule has 126 valence electrons. The fourth-order valence-corrected chi connectivity index (χ4v) is 3.07. The molecule has 0 heterocycles. The standard InChI is InChI=1S/C16H19Cl2NO4/c1-9(23-14-7-4-11(17)8-13(14)18)15(20)19-12-5-2-10(3-6-12)16(21)22/h4,7-10,12H,2-3,5-6H2,1H3,(H,19,20)(H,21,22).